The molecule has 0 bridgehead atoms. The Bertz CT molecular complexity index is 3110. The summed E-state index contributed by atoms with van der Waals surface area (Å²) in [5, 5.41) is 141. The summed E-state index contributed by atoms with van der Waals surface area (Å²) < 4.78 is 77.6. The number of nitrogens with one attached hydrogen (secondary N) is 7. The van der Waals surface area contributed by atoms with Crippen LogP contribution in [0.3, 0.4) is 0 Å². The number of amides is 7. The summed E-state index contributed by atoms with van der Waals surface area (Å²) in [7, 11) is -2.97. The zero-order valence-electron chi connectivity index (χ0n) is 73.3. The highest BCUT2D eigenvalue weighted by Gasteiger charge is 2.47. The molecule has 4 saturated heterocycles. The van der Waals surface area contributed by atoms with Gasteiger partial charge in [0.2, 0.25) is 41.4 Å². The number of rotatable bonds is 69. The molecule has 0 radical (unpaired) electrons. The van der Waals surface area contributed by atoms with Crippen LogP contribution < -0.4 is 37.2 Å². The van der Waals surface area contributed by atoms with E-state index in [4.69, 9.17) is 51.9 Å². The number of phosphoric acid groups is 1. The normalized spacial score (nSPS) is 27.5. The minimum absolute atomic E-state index is 0.0113. The molecule has 20 N–H and O–H groups in total. The van der Waals surface area contributed by atoms with Crippen molar-refractivity contribution in [2.45, 2.75) is 336 Å². The number of ether oxygens (including phenoxy) is 10. The maximum atomic E-state index is 14.6. The molecular weight excluding hydrogens is 1670 g/mol. The molecule has 0 saturated carbocycles. The zero-order chi connectivity index (χ0) is 92.2. The first-order valence-electron chi connectivity index (χ1n) is 44.5. The van der Waals surface area contributed by atoms with E-state index in [9.17, 15) is 114 Å². The van der Waals surface area contributed by atoms with Gasteiger partial charge in [-0.2, -0.15) is 0 Å². The molecular formula is C82H148N7O35P. The van der Waals surface area contributed by atoms with E-state index in [2.05, 4.69) is 41.7 Å². The van der Waals surface area contributed by atoms with Gasteiger partial charge in [-0.05, 0) is 122 Å². The maximum absolute atomic E-state index is 14.6. The summed E-state index contributed by atoms with van der Waals surface area (Å²) in [5.74, 6) is -5.50. The van der Waals surface area contributed by atoms with E-state index >= 15 is 0 Å². The number of aliphatic hydroxyl groups excluding tert-OH is 12. The van der Waals surface area contributed by atoms with Crippen LogP contribution in [0.15, 0.2) is 0 Å². The van der Waals surface area contributed by atoms with Crippen LogP contribution in [-0.2, 0) is 104 Å². The second kappa shape index (κ2) is 63.8. The number of unbranched alkanes of at least 4 members (excludes halogenated alkanes) is 11. The van der Waals surface area contributed by atoms with Gasteiger partial charge in [-0.25, -0.2) is 4.57 Å². The van der Waals surface area contributed by atoms with Gasteiger partial charge in [0, 0.05) is 123 Å². The van der Waals surface area contributed by atoms with Crippen molar-refractivity contribution in [3.8, 4) is 0 Å². The Morgan fingerprint density at radius 3 is 1.22 bits per heavy atom. The van der Waals surface area contributed by atoms with Gasteiger partial charge < -0.3 is 151 Å². The van der Waals surface area contributed by atoms with Crippen LogP contribution in [0.4, 0.5) is 0 Å². The molecule has 4 aliphatic rings. The van der Waals surface area contributed by atoms with Crippen molar-refractivity contribution in [3.05, 3.63) is 0 Å². The lowest BCUT2D eigenvalue weighted by molar-refractivity contribution is -0.282. The Hall–Kier alpha value is -5.14. The first kappa shape index (κ1) is 112. The fourth-order valence-electron chi connectivity index (χ4n) is 14.5. The predicted octanol–water partition coefficient (Wildman–Crippen LogP) is -1.73. The third-order valence-electron chi connectivity index (χ3n) is 22.3. The van der Waals surface area contributed by atoms with Crippen LogP contribution in [0.2, 0.25) is 0 Å². The fourth-order valence-corrected chi connectivity index (χ4v) is 14.9. The minimum Gasteiger partial charge on any atom is -0.394 e. The molecule has 7 amide bonds. The van der Waals surface area contributed by atoms with Crippen LogP contribution in [0, 0.1) is 17.8 Å². The number of hydrogen-bond donors (Lipinski definition) is 20. The summed E-state index contributed by atoms with van der Waals surface area (Å²) in [4.78, 5) is 130. The topological polar surface area (TPSA) is 629 Å². The number of aliphatic hydroxyl groups is 12. The SMILES string of the molecule is COP(=O)(O)OCCCCCCNC(=O)COCCOCCCC(=O)[C@H](CCCCNC(=O)[C@H](CCCCCC(=O)CCCCO[C@@H]1O[C@H](CO)[C@H](O)[C@H](O)[C@H]1NC(C)=O)NC(=O)CCCCO[C@@H]1O[C@H](CO)[C@H](O)[C@H](O)[C@H]1C)NC(=O)[C@H](CCCCNC(=O)CCCCO[C@@H]1O[C@H](CO)[C@H](O)[C@H](O)[C@H]1C)NC(=O)CCCCO[C@@H]1O[C@H](CO)[C@H](O)[C@H](O)[C@H]1C. The second-order valence-corrected chi connectivity index (χ2v) is 34.1. The Balaban J connectivity index is 1.41. The molecule has 1 unspecified atom stereocenters. The molecule has 24 atom stereocenters. The second-order valence-electron chi connectivity index (χ2n) is 32.5. The van der Waals surface area contributed by atoms with Gasteiger partial charge in [0.15, 0.2) is 30.9 Å². The fraction of sp³-hybridized carbons (Fsp3) is 0.890. The third-order valence-corrected chi connectivity index (χ3v) is 23.3. The number of phosphoric ester groups is 1. The molecule has 42 nitrogen and oxygen atoms in total. The summed E-state index contributed by atoms with van der Waals surface area (Å²) in [6, 6.07) is -4.42. The van der Waals surface area contributed by atoms with E-state index in [1.807, 2.05) is 0 Å². The van der Waals surface area contributed by atoms with Crippen LogP contribution in [0.5, 0.6) is 0 Å². The number of carbonyl (C=O) groups is 9. The highest BCUT2D eigenvalue weighted by atomic mass is 31.2. The van der Waals surface area contributed by atoms with Crippen molar-refractivity contribution in [2.75, 3.05) is 113 Å². The van der Waals surface area contributed by atoms with Gasteiger partial charge in [0.1, 0.15) is 85.5 Å². The van der Waals surface area contributed by atoms with Crippen molar-refractivity contribution >= 4 is 60.7 Å². The van der Waals surface area contributed by atoms with Gasteiger partial charge >= 0.3 is 7.82 Å². The first-order valence-corrected chi connectivity index (χ1v) is 46.0. The van der Waals surface area contributed by atoms with Gasteiger partial charge in [-0.3, -0.25) is 52.2 Å². The molecule has 0 aliphatic carbocycles. The summed E-state index contributed by atoms with van der Waals surface area (Å²) in [6.45, 7) is 5.00. The van der Waals surface area contributed by atoms with Crippen molar-refractivity contribution in [1.29, 1.82) is 0 Å². The number of carbonyl (C=O) groups excluding carboxylic acids is 9. The van der Waals surface area contributed by atoms with E-state index in [1.165, 1.54) is 6.92 Å². The quantitative estimate of drug-likeness (QED) is 0.0238. The maximum Gasteiger partial charge on any atom is 0.471 e. The average molecular weight is 1820 g/mol. The molecule has 0 aromatic carbocycles. The molecule has 4 rings (SSSR count). The van der Waals surface area contributed by atoms with Crippen LogP contribution in [-0.4, -0.2) is 354 Å². The van der Waals surface area contributed by atoms with Crippen LogP contribution >= 0.6 is 7.82 Å². The largest absolute Gasteiger partial charge is 0.471 e. The minimum atomic E-state index is -4.04. The van der Waals surface area contributed by atoms with Gasteiger partial charge in [0.25, 0.3) is 0 Å². The molecule has 4 heterocycles. The zero-order valence-corrected chi connectivity index (χ0v) is 74.2. The molecule has 4 fully saturated rings. The average Bonchev–Trinajstić information content (AvgIpc) is 0.812. The number of hydrogen-bond acceptors (Lipinski definition) is 34. The van der Waals surface area contributed by atoms with Gasteiger partial charge in [0.05, 0.1) is 70.6 Å². The Labute approximate surface area is 732 Å². The molecule has 0 aromatic rings. The van der Waals surface area contributed by atoms with Crippen molar-refractivity contribution < 1.29 is 170 Å². The highest BCUT2D eigenvalue weighted by Crippen LogP contribution is 2.42. The molecule has 0 spiro atoms. The van der Waals surface area contributed by atoms with Gasteiger partial charge in [-0.15, -0.1) is 0 Å². The Morgan fingerprint density at radius 1 is 0.368 bits per heavy atom. The van der Waals surface area contributed by atoms with E-state index in [1.54, 1.807) is 20.8 Å². The molecule has 726 valence electrons. The summed E-state index contributed by atoms with van der Waals surface area (Å²) >= 11 is 0. The van der Waals surface area contributed by atoms with E-state index in [0.29, 0.717) is 103 Å². The first-order chi connectivity index (χ1) is 59.8. The highest BCUT2D eigenvalue weighted by molar-refractivity contribution is 7.47. The van der Waals surface area contributed by atoms with Crippen LogP contribution in [0.25, 0.3) is 0 Å². The monoisotopic (exact) mass is 1820 g/mol. The smallest absolute Gasteiger partial charge is 0.394 e. The standard InChI is InChI=1S/C82H148N7O35P/c1-51-69(101)72(104)60(46-90)121-79(51)116-39-22-14-32-64(97)83-36-18-12-30-58(88-66(99)34-16-24-41-118-81-53(3)71(103)74(106)62(48-92)123-81)78(110)89-56(59(96)31-25-38-114-44-45-115-50-67(100)84-35-17-6-7-20-43-120-125(111,112)113-5)28-11-19-37-85-77(109)57(87-65(98)33-15-23-40-117-80-52(2)70(102)73(105)61(47-91)122-80)29-10-8-9-26-55(95)27-13-21-42-119-82-68(86-54(4)94)76(108)75(107)63(49-93)124-82/h51-53,56-58,60-63,68-76,79-82,90-93,101-108H,6-50H2,1-5H3,(H,83,97)(H,84,100)(H,85,109)(H,86,94)(H,87,98)(H,88,99)(H,89,110)(H,111,112)/t51-,52-,53-,56+,57+,58+,60-,61-,62-,63-,68-,69-,70-,71-,72+,73+,74+,75+,76-,79-,80-,81-,82-/m1/s1. The summed E-state index contributed by atoms with van der Waals surface area (Å²) in [6.07, 6.45) is -9.57. The van der Waals surface area contributed by atoms with E-state index < -0.39 is 204 Å². The Kier molecular flexibility index (Phi) is 57.3. The number of ketones is 2. The molecule has 0 aromatic heterocycles. The van der Waals surface area contributed by atoms with Crippen molar-refractivity contribution in [3.63, 3.8) is 0 Å². The molecule has 125 heavy (non-hydrogen) atoms. The third kappa shape index (κ3) is 43.6. The van der Waals surface area contributed by atoms with E-state index in [-0.39, 0.29) is 179 Å². The van der Waals surface area contributed by atoms with Gasteiger partial charge in [-0.1, -0.05) is 46.5 Å². The molecule has 4 aliphatic heterocycles. The number of Topliss-reactive ketones (excluding diaryl/α,β-unsaturated/α-hetero) is 2. The van der Waals surface area contributed by atoms with E-state index in [0.717, 1.165) is 13.5 Å². The lowest BCUT2D eigenvalue weighted by Crippen LogP contribution is -2.64. The lowest BCUT2D eigenvalue weighted by atomic mass is 9.92. The van der Waals surface area contributed by atoms with Crippen molar-refractivity contribution in [2.24, 2.45) is 17.8 Å². The van der Waals surface area contributed by atoms with Crippen LogP contribution in [0.1, 0.15) is 214 Å². The summed E-state index contributed by atoms with van der Waals surface area (Å²) in [5.41, 5.74) is 0. The Morgan fingerprint density at radius 2 is 0.744 bits per heavy atom. The lowest BCUT2D eigenvalue weighted by Gasteiger charge is -2.42. The van der Waals surface area contributed by atoms with Crippen molar-refractivity contribution in [1.82, 2.24) is 37.2 Å². The molecule has 43 heteroatoms. The predicted molar refractivity (Wildman–Crippen MR) is 443 cm³/mol.